The number of pyridine rings is 2. The number of halogens is 1. The first-order valence-electron chi connectivity index (χ1n) is 12.7. The van der Waals surface area contributed by atoms with E-state index in [4.69, 9.17) is 16.0 Å². The van der Waals surface area contributed by atoms with Gasteiger partial charge in [-0.2, -0.15) is 0 Å². The highest BCUT2D eigenvalue weighted by molar-refractivity contribution is 6.30. The SMILES string of the molecule is Cc1ccc2oc(C(=O)Nc3ccc(Cl)cn3)c(NC(=O)C3CCC(C(=O)N(C)CCN(C)C)CC3)c2n1. The van der Waals surface area contributed by atoms with Crippen LogP contribution in [0.25, 0.3) is 11.1 Å². The number of likely N-dealkylation sites (N-methyl/N-ethyl adjacent to an activating group) is 2. The maximum absolute atomic E-state index is 13.3. The summed E-state index contributed by atoms with van der Waals surface area (Å²) < 4.78 is 5.82. The van der Waals surface area contributed by atoms with Crippen LogP contribution in [0, 0.1) is 18.8 Å². The minimum Gasteiger partial charge on any atom is -0.447 e. The largest absolute Gasteiger partial charge is 0.447 e. The second-order valence-electron chi connectivity index (χ2n) is 10.0. The number of anilines is 2. The van der Waals surface area contributed by atoms with Crippen molar-refractivity contribution in [3.63, 3.8) is 0 Å². The van der Waals surface area contributed by atoms with E-state index in [2.05, 4.69) is 20.6 Å². The molecule has 10 nitrogen and oxygen atoms in total. The summed E-state index contributed by atoms with van der Waals surface area (Å²) in [5, 5.41) is 6.02. The second kappa shape index (κ2) is 11.9. The second-order valence-corrected chi connectivity index (χ2v) is 10.5. The van der Waals surface area contributed by atoms with Crippen molar-refractivity contribution in [1.29, 1.82) is 0 Å². The Morgan fingerprint density at radius 2 is 1.71 bits per heavy atom. The summed E-state index contributed by atoms with van der Waals surface area (Å²) in [6, 6.07) is 6.67. The Kier molecular flexibility index (Phi) is 8.63. The molecule has 1 aliphatic carbocycles. The monoisotopic (exact) mass is 540 g/mol. The Morgan fingerprint density at radius 1 is 1.00 bits per heavy atom. The highest BCUT2D eigenvalue weighted by Gasteiger charge is 2.33. The van der Waals surface area contributed by atoms with E-state index in [0.717, 1.165) is 12.2 Å². The van der Waals surface area contributed by atoms with E-state index in [1.165, 1.54) is 6.20 Å². The van der Waals surface area contributed by atoms with E-state index >= 15 is 0 Å². The highest BCUT2D eigenvalue weighted by Crippen LogP contribution is 2.34. The van der Waals surface area contributed by atoms with Crippen LogP contribution in [-0.4, -0.2) is 71.7 Å². The molecule has 0 aromatic carbocycles. The van der Waals surface area contributed by atoms with Crippen LogP contribution in [0.4, 0.5) is 11.5 Å². The van der Waals surface area contributed by atoms with E-state index < -0.39 is 5.91 Å². The first kappa shape index (κ1) is 27.5. The molecule has 11 heteroatoms. The van der Waals surface area contributed by atoms with Crippen LogP contribution < -0.4 is 10.6 Å². The lowest BCUT2D eigenvalue weighted by molar-refractivity contribution is -0.136. The number of carbonyl (C=O) groups is 3. The molecule has 0 spiro atoms. The fraction of sp³-hybridized carbons (Fsp3) is 0.444. The fourth-order valence-electron chi connectivity index (χ4n) is 4.57. The van der Waals surface area contributed by atoms with E-state index in [0.29, 0.717) is 54.2 Å². The summed E-state index contributed by atoms with van der Waals surface area (Å²) in [5.74, 6) is -0.800. The first-order valence-corrected chi connectivity index (χ1v) is 13.0. The standard InChI is InChI=1S/C27H33ClN6O4/c1-16-5-11-20-22(30-16)23(24(38-20)26(36)31-21-12-10-19(28)15-29-21)32-25(35)17-6-8-18(9-7-17)27(37)34(4)14-13-33(2)3/h5,10-12,15,17-18H,6-9,13-14H2,1-4H3,(H,32,35)(H,29,31,36). The molecule has 1 fully saturated rings. The molecule has 0 radical (unpaired) electrons. The Hall–Kier alpha value is -3.50. The number of rotatable bonds is 8. The van der Waals surface area contributed by atoms with Gasteiger partial charge in [0.2, 0.25) is 17.6 Å². The summed E-state index contributed by atoms with van der Waals surface area (Å²) in [6.07, 6.45) is 3.87. The first-order chi connectivity index (χ1) is 18.1. The Balaban J connectivity index is 1.46. The van der Waals surface area contributed by atoms with Gasteiger partial charge in [-0.25, -0.2) is 9.97 Å². The topological polar surface area (TPSA) is 121 Å². The average Bonchev–Trinajstić information content (AvgIpc) is 3.25. The molecular weight excluding hydrogens is 508 g/mol. The smallest absolute Gasteiger partial charge is 0.294 e. The Bertz CT molecular complexity index is 1320. The van der Waals surface area contributed by atoms with Crippen molar-refractivity contribution >= 4 is 51.9 Å². The number of amides is 3. The summed E-state index contributed by atoms with van der Waals surface area (Å²) in [6.45, 7) is 3.29. The van der Waals surface area contributed by atoms with Crippen molar-refractivity contribution in [3.05, 3.63) is 46.9 Å². The number of fused-ring (bicyclic) bond motifs is 1. The van der Waals surface area contributed by atoms with Crippen LogP contribution in [0.15, 0.2) is 34.9 Å². The molecule has 3 aromatic rings. The average molecular weight is 541 g/mol. The minimum absolute atomic E-state index is 0.0606. The fourth-order valence-corrected chi connectivity index (χ4v) is 4.68. The zero-order valence-electron chi connectivity index (χ0n) is 22.1. The summed E-state index contributed by atoms with van der Waals surface area (Å²) in [4.78, 5) is 51.7. The number of nitrogens with zero attached hydrogens (tertiary/aromatic N) is 4. The van der Waals surface area contributed by atoms with Gasteiger partial charge in [0.25, 0.3) is 5.91 Å². The third-order valence-corrected chi connectivity index (χ3v) is 7.03. The van der Waals surface area contributed by atoms with Gasteiger partial charge in [-0.15, -0.1) is 0 Å². The molecule has 2 N–H and O–H groups in total. The van der Waals surface area contributed by atoms with Crippen LogP contribution in [0.2, 0.25) is 5.02 Å². The van der Waals surface area contributed by atoms with Crippen LogP contribution in [0.1, 0.15) is 41.9 Å². The molecule has 0 bridgehead atoms. The lowest BCUT2D eigenvalue weighted by atomic mass is 9.81. The van der Waals surface area contributed by atoms with Crippen LogP contribution in [0.3, 0.4) is 0 Å². The van der Waals surface area contributed by atoms with Gasteiger partial charge in [0.15, 0.2) is 5.58 Å². The molecular formula is C27H33ClN6O4. The van der Waals surface area contributed by atoms with Crippen molar-refractivity contribution in [2.75, 3.05) is 44.9 Å². The van der Waals surface area contributed by atoms with Crippen molar-refractivity contribution in [2.24, 2.45) is 11.8 Å². The highest BCUT2D eigenvalue weighted by atomic mass is 35.5. The van der Waals surface area contributed by atoms with Gasteiger partial charge in [0.1, 0.15) is 17.0 Å². The molecule has 0 aliphatic heterocycles. The maximum atomic E-state index is 13.3. The molecule has 202 valence electrons. The van der Waals surface area contributed by atoms with Gasteiger partial charge in [-0.1, -0.05) is 11.6 Å². The quantitative estimate of drug-likeness (QED) is 0.439. The Morgan fingerprint density at radius 3 is 2.37 bits per heavy atom. The van der Waals surface area contributed by atoms with Crippen molar-refractivity contribution in [1.82, 2.24) is 19.8 Å². The summed E-state index contributed by atoms with van der Waals surface area (Å²) >= 11 is 5.88. The van der Waals surface area contributed by atoms with E-state index in [1.807, 2.05) is 33.0 Å². The molecule has 0 saturated heterocycles. The Labute approximate surface area is 226 Å². The van der Waals surface area contributed by atoms with E-state index in [-0.39, 0.29) is 35.1 Å². The van der Waals surface area contributed by atoms with Gasteiger partial charge in [0.05, 0.1) is 5.02 Å². The van der Waals surface area contributed by atoms with E-state index in [9.17, 15) is 14.4 Å². The molecule has 3 heterocycles. The molecule has 4 rings (SSSR count). The predicted molar refractivity (Wildman–Crippen MR) is 146 cm³/mol. The molecule has 1 aliphatic rings. The number of hydrogen-bond donors (Lipinski definition) is 2. The molecule has 38 heavy (non-hydrogen) atoms. The van der Waals surface area contributed by atoms with Gasteiger partial charge in [0, 0.05) is 43.9 Å². The zero-order valence-corrected chi connectivity index (χ0v) is 22.8. The van der Waals surface area contributed by atoms with Gasteiger partial charge < -0.3 is 24.9 Å². The molecule has 0 unspecified atom stereocenters. The van der Waals surface area contributed by atoms with Crippen molar-refractivity contribution in [3.8, 4) is 0 Å². The lowest BCUT2D eigenvalue weighted by Crippen LogP contribution is -2.39. The van der Waals surface area contributed by atoms with Gasteiger partial charge in [-0.05, 0) is 71.0 Å². The molecule has 3 aromatic heterocycles. The normalized spacial score (nSPS) is 17.4. The molecule has 1 saturated carbocycles. The van der Waals surface area contributed by atoms with Crippen molar-refractivity contribution < 1.29 is 18.8 Å². The predicted octanol–water partition coefficient (Wildman–Crippen LogP) is 4.20. The molecule has 3 amide bonds. The third-order valence-electron chi connectivity index (χ3n) is 6.80. The number of aryl methyl sites for hydroxylation is 1. The van der Waals surface area contributed by atoms with Crippen LogP contribution >= 0.6 is 11.6 Å². The van der Waals surface area contributed by atoms with Crippen LogP contribution in [0.5, 0.6) is 0 Å². The molecule has 0 atom stereocenters. The number of aromatic nitrogens is 2. The maximum Gasteiger partial charge on any atom is 0.294 e. The number of carbonyl (C=O) groups excluding carboxylic acids is 3. The third kappa shape index (κ3) is 6.49. The minimum atomic E-state index is -0.569. The van der Waals surface area contributed by atoms with Gasteiger partial charge in [-0.3, -0.25) is 14.4 Å². The number of furan rings is 1. The number of hydrogen-bond acceptors (Lipinski definition) is 7. The summed E-state index contributed by atoms with van der Waals surface area (Å²) in [5.41, 5.74) is 1.73. The van der Waals surface area contributed by atoms with Crippen LogP contribution in [-0.2, 0) is 9.59 Å². The van der Waals surface area contributed by atoms with Gasteiger partial charge >= 0.3 is 0 Å². The van der Waals surface area contributed by atoms with E-state index in [1.54, 1.807) is 29.2 Å². The lowest BCUT2D eigenvalue weighted by Gasteiger charge is -2.30. The summed E-state index contributed by atoms with van der Waals surface area (Å²) in [7, 11) is 5.79. The zero-order chi connectivity index (χ0) is 27.4. The number of nitrogens with one attached hydrogen (secondary N) is 2. The van der Waals surface area contributed by atoms with Crippen molar-refractivity contribution in [2.45, 2.75) is 32.6 Å².